The van der Waals surface area contributed by atoms with Crippen LogP contribution in [0.4, 0.5) is 0 Å². The Morgan fingerprint density at radius 2 is 2.12 bits per heavy atom. The molecule has 0 radical (unpaired) electrons. The number of hydrogen-bond donors (Lipinski definition) is 0. The van der Waals surface area contributed by atoms with Crippen molar-refractivity contribution in [2.24, 2.45) is 0 Å². The van der Waals surface area contributed by atoms with E-state index in [0.29, 0.717) is 5.02 Å². The van der Waals surface area contributed by atoms with Gasteiger partial charge in [0.25, 0.3) is 0 Å². The smallest absolute Gasteiger partial charge is 0.0888 e. The van der Waals surface area contributed by atoms with Gasteiger partial charge in [-0.2, -0.15) is 0 Å². The minimum absolute atomic E-state index is 0.635. The van der Waals surface area contributed by atoms with E-state index < -0.39 is 0 Å². The molecule has 0 amide bonds. The van der Waals surface area contributed by atoms with Gasteiger partial charge in [0.1, 0.15) is 0 Å². The first-order valence-electron chi connectivity index (χ1n) is 4.74. The lowest BCUT2D eigenvalue weighted by molar-refractivity contribution is 1.31. The molecule has 0 fully saturated rings. The van der Waals surface area contributed by atoms with Crippen molar-refractivity contribution in [3.05, 3.63) is 58.2 Å². The molecule has 80 valence electrons. The fraction of sp³-hybridized carbons (Fsp3) is 0. The third kappa shape index (κ3) is 2.34. The zero-order valence-electron chi connectivity index (χ0n) is 8.45. The number of halogens is 2. The number of pyridine rings is 1. The number of hydrogen-bond acceptors (Lipinski definition) is 1. The van der Waals surface area contributed by atoms with Crippen molar-refractivity contribution in [3.8, 4) is 11.3 Å². The van der Waals surface area contributed by atoms with E-state index in [1.807, 2.05) is 30.3 Å². The Bertz CT molecular complexity index is 537. The third-order valence-electron chi connectivity index (χ3n) is 2.20. The summed E-state index contributed by atoms with van der Waals surface area (Å²) in [6.45, 7) is 3.68. The third-order valence-corrected chi connectivity index (χ3v) is 2.98. The average molecular weight is 295 g/mol. The van der Waals surface area contributed by atoms with Gasteiger partial charge in [-0.25, -0.2) is 0 Å². The maximum Gasteiger partial charge on any atom is 0.0888 e. The van der Waals surface area contributed by atoms with Gasteiger partial charge in [0, 0.05) is 16.2 Å². The van der Waals surface area contributed by atoms with E-state index in [9.17, 15) is 0 Å². The molecule has 16 heavy (non-hydrogen) atoms. The molecule has 1 nitrogen and oxygen atoms in total. The number of benzene rings is 1. The second-order valence-corrected chi connectivity index (χ2v) is 4.64. The van der Waals surface area contributed by atoms with Crippen molar-refractivity contribution >= 4 is 33.6 Å². The standard InChI is InChI=1S/C13H9BrClN/c1-2-9-6-12(15)13(16-8-9)10-4-3-5-11(14)7-10/h2-8H,1H2. The highest BCUT2D eigenvalue weighted by atomic mass is 79.9. The maximum atomic E-state index is 6.17. The molecule has 0 N–H and O–H groups in total. The molecule has 0 aliphatic carbocycles. The minimum Gasteiger partial charge on any atom is -0.254 e. The van der Waals surface area contributed by atoms with Crippen LogP contribution < -0.4 is 0 Å². The molecule has 2 rings (SSSR count). The topological polar surface area (TPSA) is 12.9 Å². The van der Waals surface area contributed by atoms with E-state index in [-0.39, 0.29) is 0 Å². The van der Waals surface area contributed by atoms with Crippen LogP contribution in [0.1, 0.15) is 5.56 Å². The molecule has 1 aromatic heterocycles. The molecule has 0 aliphatic heterocycles. The zero-order chi connectivity index (χ0) is 11.5. The van der Waals surface area contributed by atoms with Crippen LogP contribution in [0, 0.1) is 0 Å². The fourth-order valence-electron chi connectivity index (χ4n) is 1.41. The van der Waals surface area contributed by atoms with Gasteiger partial charge in [0.15, 0.2) is 0 Å². The van der Waals surface area contributed by atoms with E-state index in [4.69, 9.17) is 11.6 Å². The van der Waals surface area contributed by atoms with Crippen molar-refractivity contribution < 1.29 is 0 Å². The summed E-state index contributed by atoms with van der Waals surface area (Å²) in [5.74, 6) is 0. The van der Waals surface area contributed by atoms with Crippen LogP contribution in [0.3, 0.4) is 0 Å². The van der Waals surface area contributed by atoms with Crippen LogP contribution in [0.5, 0.6) is 0 Å². The predicted molar refractivity (Wildman–Crippen MR) is 72.5 cm³/mol. The molecular weight excluding hydrogens is 286 g/mol. The lowest BCUT2D eigenvalue weighted by atomic mass is 10.1. The summed E-state index contributed by atoms with van der Waals surface area (Å²) < 4.78 is 1.01. The Hall–Kier alpha value is -1.12. The molecule has 2 aromatic rings. The first kappa shape index (κ1) is 11.4. The highest BCUT2D eigenvalue weighted by Gasteiger charge is 2.05. The highest BCUT2D eigenvalue weighted by Crippen LogP contribution is 2.28. The highest BCUT2D eigenvalue weighted by molar-refractivity contribution is 9.10. The van der Waals surface area contributed by atoms with Gasteiger partial charge in [-0.1, -0.05) is 52.3 Å². The Labute approximate surface area is 108 Å². The van der Waals surface area contributed by atoms with Crippen molar-refractivity contribution in [1.82, 2.24) is 4.98 Å². The summed E-state index contributed by atoms with van der Waals surface area (Å²) in [6.07, 6.45) is 3.48. The summed E-state index contributed by atoms with van der Waals surface area (Å²) in [6, 6.07) is 9.75. The minimum atomic E-state index is 0.635. The van der Waals surface area contributed by atoms with Gasteiger partial charge in [0.2, 0.25) is 0 Å². The van der Waals surface area contributed by atoms with Crippen LogP contribution in [-0.2, 0) is 0 Å². The Kier molecular flexibility index (Phi) is 3.42. The first-order valence-corrected chi connectivity index (χ1v) is 5.92. The summed E-state index contributed by atoms with van der Waals surface area (Å²) in [7, 11) is 0. The van der Waals surface area contributed by atoms with Crippen molar-refractivity contribution in [1.29, 1.82) is 0 Å². The van der Waals surface area contributed by atoms with Gasteiger partial charge in [0.05, 0.1) is 10.7 Å². The van der Waals surface area contributed by atoms with Crippen molar-refractivity contribution in [2.75, 3.05) is 0 Å². The lowest BCUT2D eigenvalue weighted by Crippen LogP contribution is -1.86. The first-order chi connectivity index (χ1) is 7.70. The molecular formula is C13H9BrClN. The summed E-state index contributed by atoms with van der Waals surface area (Å²) >= 11 is 9.59. The number of rotatable bonds is 2. The molecule has 3 heteroatoms. The summed E-state index contributed by atoms with van der Waals surface area (Å²) in [4.78, 5) is 4.34. The molecule has 0 saturated carbocycles. The number of nitrogens with zero attached hydrogens (tertiary/aromatic N) is 1. The molecule has 0 saturated heterocycles. The van der Waals surface area contributed by atoms with Crippen LogP contribution in [0.25, 0.3) is 17.3 Å². The molecule has 0 spiro atoms. The summed E-state index contributed by atoms with van der Waals surface area (Å²) in [5.41, 5.74) is 2.70. The normalized spacial score (nSPS) is 10.1. The van der Waals surface area contributed by atoms with E-state index in [0.717, 1.165) is 21.3 Å². The maximum absolute atomic E-state index is 6.17. The largest absolute Gasteiger partial charge is 0.254 e. The Morgan fingerprint density at radius 3 is 2.75 bits per heavy atom. The van der Waals surface area contributed by atoms with Gasteiger partial charge in [-0.3, -0.25) is 4.98 Å². The van der Waals surface area contributed by atoms with Gasteiger partial charge in [-0.15, -0.1) is 0 Å². The molecule has 0 bridgehead atoms. The van der Waals surface area contributed by atoms with E-state index in [1.54, 1.807) is 12.3 Å². The monoisotopic (exact) mass is 293 g/mol. The number of aromatic nitrogens is 1. The van der Waals surface area contributed by atoms with E-state index >= 15 is 0 Å². The van der Waals surface area contributed by atoms with Gasteiger partial charge < -0.3 is 0 Å². The van der Waals surface area contributed by atoms with Crippen molar-refractivity contribution in [2.45, 2.75) is 0 Å². The van der Waals surface area contributed by atoms with E-state index in [2.05, 4.69) is 27.5 Å². The van der Waals surface area contributed by atoms with Crippen LogP contribution in [0.2, 0.25) is 5.02 Å². The van der Waals surface area contributed by atoms with E-state index in [1.165, 1.54) is 0 Å². The molecule has 0 atom stereocenters. The molecule has 0 unspecified atom stereocenters. The second kappa shape index (κ2) is 4.81. The average Bonchev–Trinajstić information content (AvgIpc) is 2.28. The second-order valence-electron chi connectivity index (χ2n) is 3.31. The predicted octanol–water partition coefficient (Wildman–Crippen LogP) is 4.81. The quantitative estimate of drug-likeness (QED) is 0.774. The molecule has 1 aromatic carbocycles. The molecule has 0 aliphatic rings. The Balaban J connectivity index is 2.52. The molecule has 1 heterocycles. The fourth-order valence-corrected chi connectivity index (χ4v) is 2.10. The van der Waals surface area contributed by atoms with Crippen LogP contribution in [-0.4, -0.2) is 4.98 Å². The zero-order valence-corrected chi connectivity index (χ0v) is 10.8. The lowest BCUT2D eigenvalue weighted by Gasteiger charge is -2.04. The van der Waals surface area contributed by atoms with Crippen molar-refractivity contribution in [3.63, 3.8) is 0 Å². The van der Waals surface area contributed by atoms with Crippen LogP contribution >= 0.6 is 27.5 Å². The van der Waals surface area contributed by atoms with Gasteiger partial charge in [-0.05, 0) is 23.8 Å². The Morgan fingerprint density at radius 1 is 1.31 bits per heavy atom. The van der Waals surface area contributed by atoms with Gasteiger partial charge >= 0.3 is 0 Å². The van der Waals surface area contributed by atoms with Crippen LogP contribution in [0.15, 0.2) is 47.6 Å². The summed E-state index contributed by atoms with van der Waals surface area (Å²) in [5, 5.41) is 0.635. The SMILES string of the molecule is C=Cc1cnc(-c2cccc(Br)c2)c(Cl)c1.